The van der Waals surface area contributed by atoms with E-state index in [1.807, 2.05) is 36.7 Å². The van der Waals surface area contributed by atoms with Crippen molar-refractivity contribution in [2.24, 2.45) is 23.7 Å². The Bertz CT molecular complexity index is 914. The number of imide groups is 1. The van der Waals surface area contributed by atoms with Crippen LogP contribution in [0.25, 0.3) is 0 Å². The maximum absolute atomic E-state index is 13.1. The molecule has 5 rings (SSSR count). The number of hydrogen-bond donors (Lipinski definition) is 0. The van der Waals surface area contributed by atoms with Gasteiger partial charge in [0.1, 0.15) is 0 Å². The van der Waals surface area contributed by atoms with Gasteiger partial charge in [-0.05, 0) is 37.7 Å². The summed E-state index contributed by atoms with van der Waals surface area (Å²) < 4.78 is 1.89. The second kappa shape index (κ2) is 5.40. The van der Waals surface area contributed by atoms with E-state index >= 15 is 0 Å². The average Bonchev–Trinajstić information content (AvgIpc) is 3.36. The molecule has 2 fully saturated rings. The molecule has 2 heterocycles. The number of aryl methyl sites for hydroxylation is 1. The molecule has 4 unspecified atom stereocenters. The topological polar surface area (TPSA) is 55.2 Å². The third-order valence-corrected chi connectivity index (χ3v) is 6.21. The average molecular weight is 347 g/mol. The van der Waals surface area contributed by atoms with E-state index in [0.717, 1.165) is 23.4 Å². The van der Waals surface area contributed by atoms with Gasteiger partial charge in [0.05, 0.1) is 35.5 Å². The maximum atomic E-state index is 13.1. The number of amides is 2. The minimum absolute atomic E-state index is 0.0395. The van der Waals surface area contributed by atoms with E-state index in [-0.39, 0.29) is 35.5 Å². The van der Waals surface area contributed by atoms with Crippen LogP contribution in [0.2, 0.25) is 0 Å². The minimum Gasteiger partial charge on any atom is -0.274 e. The smallest absolute Gasteiger partial charge is 0.238 e. The van der Waals surface area contributed by atoms with Crippen LogP contribution in [0.3, 0.4) is 0 Å². The lowest BCUT2D eigenvalue weighted by Gasteiger charge is -2.17. The first-order valence-electron chi connectivity index (χ1n) is 9.20. The molecule has 5 heteroatoms. The molecule has 4 atom stereocenters. The van der Waals surface area contributed by atoms with Crippen LogP contribution in [0, 0.1) is 37.5 Å². The van der Waals surface area contributed by atoms with Gasteiger partial charge >= 0.3 is 0 Å². The van der Waals surface area contributed by atoms with Crippen LogP contribution in [0.5, 0.6) is 0 Å². The molecular formula is C21H21N3O2. The molecule has 2 amide bonds. The number of carbonyl (C=O) groups is 2. The predicted molar refractivity (Wildman–Crippen MR) is 97.5 cm³/mol. The summed E-state index contributed by atoms with van der Waals surface area (Å²) in [6.45, 7) is 4.45. The van der Waals surface area contributed by atoms with Gasteiger partial charge in [-0.15, -0.1) is 0 Å². The van der Waals surface area contributed by atoms with Crippen LogP contribution in [0.15, 0.2) is 42.5 Å². The molecule has 1 aromatic carbocycles. The molecular weight excluding hydrogens is 326 g/mol. The number of allylic oxidation sites excluding steroid dienone is 2. The first-order chi connectivity index (χ1) is 12.6. The fourth-order valence-electron chi connectivity index (χ4n) is 5.04. The van der Waals surface area contributed by atoms with Crippen molar-refractivity contribution in [3.05, 3.63) is 59.4 Å². The highest BCUT2D eigenvalue weighted by Crippen LogP contribution is 2.53. The highest BCUT2D eigenvalue weighted by Gasteiger charge is 2.60. The Morgan fingerprint density at radius 2 is 1.62 bits per heavy atom. The Kier molecular flexibility index (Phi) is 3.23. The Morgan fingerprint density at radius 1 is 1.00 bits per heavy atom. The second-order valence-corrected chi connectivity index (χ2v) is 7.67. The monoisotopic (exact) mass is 347 g/mol. The van der Waals surface area contributed by atoms with Gasteiger partial charge in [-0.1, -0.05) is 42.5 Å². The van der Waals surface area contributed by atoms with Gasteiger partial charge in [0.15, 0.2) is 0 Å². The summed E-state index contributed by atoms with van der Waals surface area (Å²) in [5.74, 6) is 0.0324. The third kappa shape index (κ3) is 2.00. The molecule has 5 nitrogen and oxygen atoms in total. The standard InChI is InChI=1S/C21H21N3O2/c1-12-19(13(2)23(22-12)11-14-6-4-3-5-7-14)24-20(25)17-15-8-9-16(10-15)18(17)21(24)26/h3-9,15-18H,10-11H2,1-2H3. The van der Waals surface area contributed by atoms with E-state index < -0.39 is 0 Å². The van der Waals surface area contributed by atoms with Crippen molar-refractivity contribution in [3.8, 4) is 0 Å². The number of hydrogen-bond acceptors (Lipinski definition) is 3. The molecule has 1 saturated carbocycles. The molecule has 0 N–H and O–H groups in total. The van der Waals surface area contributed by atoms with Crippen molar-refractivity contribution < 1.29 is 9.59 Å². The van der Waals surface area contributed by atoms with Gasteiger partial charge in [-0.2, -0.15) is 5.10 Å². The van der Waals surface area contributed by atoms with Crippen molar-refractivity contribution in [2.75, 3.05) is 4.90 Å². The maximum Gasteiger partial charge on any atom is 0.238 e. The van der Waals surface area contributed by atoms with E-state index in [9.17, 15) is 9.59 Å². The van der Waals surface area contributed by atoms with Crippen LogP contribution < -0.4 is 4.90 Å². The van der Waals surface area contributed by atoms with Gasteiger partial charge in [0.25, 0.3) is 0 Å². The van der Waals surface area contributed by atoms with E-state index in [1.165, 1.54) is 4.90 Å². The number of carbonyl (C=O) groups excluding carboxylic acids is 2. The summed E-state index contributed by atoms with van der Waals surface area (Å²) in [4.78, 5) is 27.6. The lowest BCUT2D eigenvalue weighted by Crippen LogP contribution is -2.33. The zero-order chi connectivity index (χ0) is 18.0. The van der Waals surface area contributed by atoms with Crippen LogP contribution >= 0.6 is 0 Å². The molecule has 1 aromatic heterocycles. The molecule has 1 saturated heterocycles. The largest absolute Gasteiger partial charge is 0.274 e. The van der Waals surface area contributed by atoms with Gasteiger partial charge in [-0.25, -0.2) is 4.90 Å². The first kappa shape index (κ1) is 15.6. The Balaban J connectivity index is 1.51. The summed E-state index contributed by atoms with van der Waals surface area (Å²) in [6.07, 6.45) is 5.20. The number of benzene rings is 1. The van der Waals surface area contributed by atoms with Crippen molar-refractivity contribution in [2.45, 2.75) is 26.8 Å². The summed E-state index contributed by atoms with van der Waals surface area (Å²) in [5, 5.41) is 4.62. The van der Waals surface area contributed by atoms with Crippen LogP contribution in [0.4, 0.5) is 5.69 Å². The molecule has 3 aliphatic rings. The fraction of sp³-hybridized carbons (Fsp3) is 0.381. The highest BCUT2D eigenvalue weighted by atomic mass is 16.2. The fourth-order valence-corrected chi connectivity index (χ4v) is 5.04. The SMILES string of the molecule is Cc1nn(Cc2ccccc2)c(C)c1N1C(=O)C2C3C=CC(C3)C2C1=O. The number of aromatic nitrogens is 2. The van der Waals surface area contributed by atoms with Gasteiger partial charge in [0, 0.05) is 0 Å². The molecule has 2 aromatic rings. The number of fused-ring (bicyclic) bond motifs is 5. The summed E-state index contributed by atoms with van der Waals surface area (Å²) in [5.41, 5.74) is 3.43. The molecule has 0 spiro atoms. The zero-order valence-corrected chi connectivity index (χ0v) is 14.9. The lowest BCUT2D eigenvalue weighted by molar-refractivity contribution is -0.123. The van der Waals surface area contributed by atoms with Crippen molar-refractivity contribution >= 4 is 17.5 Å². The quantitative estimate of drug-likeness (QED) is 0.634. The zero-order valence-electron chi connectivity index (χ0n) is 14.9. The number of rotatable bonds is 3. The predicted octanol–water partition coefficient (Wildman–Crippen LogP) is 2.86. The minimum atomic E-state index is -0.172. The Labute approximate surface area is 152 Å². The van der Waals surface area contributed by atoms with Crippen LogP contribution in [0.1, 0.15) is 23.4 Å². The van der Waals surface area contributed by atoms with E-state index in [1.54, 1.807) is 0 Å². The number of anilines is 1. The molecule has 2 aliphatic carbocycles. The second-order valence-electron chi connectivity index (χ2n) is 7.67. The molecule has 1 aliphatic heterocycles. The van der Waals surface area contributed by atoms with E-state index in [4.69, 9.17) is 0 Å². The number of nitrogens with zero attached hydrogens (tertiary/aromatic N) is 3. The lowest BCUT2D eigenvalue weighted by atomic mass is 9.85. The molecule has 2 bridgehead atoms. The Hall–Kier alpha value is -2.69. The van der Waals surface area contributed by atoms with Gasteiger partial charge in [-0.3, -0.25) is 14.3 Å². The third-order valence-electron chi connectivity index (χ3n) is 6.21. The van der Waals surface area contributed by atoms with Gasteiger partial charge in [0.2, 0.25) is 11.8 Å². The summed E-state index contributed by atoms with van der Waals surface area (Å²) in [7, 11) is 0. The first-order valence-corrected chi connectivity index (χ1v) is 9.20. The van der Waals surface area contributed by atoms with E-state index in [0.29, 0.717) is 12.2 Å². The van der Waals surface area contributed by atoms with Gasteiger partial charge < -0.3 is 0 Å². The van der Waals surface area contributed by atoms with Crippen LogP contribution in [-0.4, -0.2) is 21.6 Å². The van der Waals surface area contributed by atoms with Crippen molar-refractivity contribution in [3.63, 3.8) is 0 Å². The van der Waals surface area contributed by atoms with E-state index in [2.05, 4.69) is 29.4 Å². The normalized spacial score (nSPS) is 29.1. The molecule has 132 valence electrons. The Morgan fingerprint density at radius 3 is 2.23 bits per heavy atom. The van der Waals surface area contributed by atoms with Crippen molar-refractivity contribution in [1.29, 1.82) is 0 Å². The highest BCUT2D eigenvalue weighted by molar-refractivity contribution is 6.23. The van der Waals surface area contributed by atoms with Crippen molar-refractivity contribution in [1.82, 2.24) is 9.78 Å². The molecule has 26 heavy (non-hydrogen) atoms. The summed E-state index contributed by atoms with van der Waals surface area (Å²) >= 11 is 0. The van der Waals surface area contributed by atoms with Crippen LogP contribution in [-0.2, 0) is 16.1 Å². The molecule has 0 radical (unpaired) electrons. The summed E-state index contributed by atoms with van der Waals surface area (Å²) in [6, 6.07) is 10.1.